The van der Waals surface area contributed by atoms with E-state index in [-0.39, 0.29) is 5.97 Å². The SMILES string of the molecule is COCCCn1c(-c2ccc3c(c2)[nH]c(=S)n3Cc2cccs2)nc2cc(C(=O)OC)ccc21. The van der Waals surface area contributed by atoms with E-state index in [1.54, 1.807) is 30.6 Å². The molecule has 0 amide bonds. The molecule has 0 fully saturated rings. The Balaban J connectivity index is 1.60. The summed E-state index contributed by atoms with van der Waals surface area (Å²) in [5.41, 5.74) is 5.18. The van der Waals surface area contributed by atoms with E-state index in [1.165, 1.54) is 12.0 Å². The Bertz CT molecular complexity index is 1530. The van der Waals surface area contributed by atoms with Crippen molar-refractivity contribution in [3.63, 3.8) is 0 Å². The maximum Gasteiger partial charge on any atom is 0.337 e. The molecule has 34 heavy (non-hydrogen) atoms. The van der Waals surface area contributed by atoms with Gasteiger partial charge in [-0.3, -0.25) is 0 Å². The van der Waals surface area contributed by atoms with Crippen molar-refractivity contribution in [3.05, 3.63) is 69.1 Å². The van der Waals surface area contributed by atoms with Gasteiger partial charge in [-0.2, -0.15) is 0 Å². The summed E-state index contributed by atoms with van der Waals surface area (Å²) in [4.78, 5) is 21.5. The molecule has 1 N–H and O–H groups in total. The van der Waals surface area contributed by atoms with Crippen LogP contribution >= 0.6 is 23.6 Å². The number of benzene rings is 2. The van der Waals surface area contributed by atoms with Crippen molar-refractivity contribution in [3.8, 4) is 11.4 Å². The number of hydrogen-bond donors (Lipinski definition) is 1. The summed E-state index contributed by atoms with van der Waals surface area (Å²) in [7, 11) is 3.08. The number of ether oxygens (including phenoxy) is 2. The van der Waals surface area contributed by atoms with E-state index < -0.39 is 0 Å². The molecule has 0 bridgehead atoms. The zero-order chi connectivity index (χ0) is 23.7. The molecular formula is C25H24N4O3S2. The van der Waals surface area contributed by atoms with Crippen molar-refractivity contribution in [2.75, 3.05) is 20.8 Å². The molecule has 5 rings (SSSR count). The van der Waals surface area contributed by atoms with Gasteiger partial charge in [-0.15, -0.1) is 11.3 Å². The number of hydrogen-bond acceptors (Lipinski definition) is 6. The van der Waals surface area contributed by atoms with Crippen molar-refractivity contribution in [2.45, 2.75) is 19.5 Å². The fourth-order valence-corrected chi connectivity index (χ4v) is 5.17. The summed E-state index contributed by atoms with van der Waals surface area (Å²) in [5.74, 6) is 0.457. The van der Waals surface area contributed by atoms with Crippen molar-refractivity contribution in [1.82, 2.24) is 19.1 Å². The van der Waals surface area contributed by atoms with Gasteiger partial charge in [0, 0.05) is 30.7 Å². The Morgan fingerprint density at radius 1 is 1.12 bits per heavy atom. The summed E-state index contributed by atoms with van der Waals surface area (Å²) in [6, 6.07) is 15.9. The summed E-state index contributed by atoms with van der Waals surface area (Å²) in [5, 5.41) is 2.07. The molecule has 3 heterocycles. The van der Waals surface area contributed by atoms with Crippen molar-refractivity contribution in [1.29, 1.82) is 0 Å². The maximum atomic E-state index is 12.0. The van der Waals surface area contributed by atoms with Crippen molar-refractivity contribution < 1.29 is 14.3 Å². The molecule has 0 saturated carbocycles. The number of nitrogens with one attached hydrogen (secondary N) is 1. The predicted molar refractivity (Wildman–Crippen MR) is 137 cm³/mol. The second-order valence-electron chi connectivity index (χ2n) is 7.96. The minimum absolute atomic E-state index is 0.376. The number of methoxy groups -OCH3 is 2. The van der Waals surface area contributed by atoms with Gasteiger partial charge in [-0.1, -0.05) is 6.07 Å². The Morgan fingerprint density at radius 3 is 2.74 bits per heavy atom. The molecule has 0 aliphatic carbocycles. The highest BCUT2D eigenvalue weighted by Crippen LogP contribution is 2.29. The molecule has 0 saturated heterocycles. The minimum Gasteiger partial charge on any atom is -0.465 e. The normalized spacial score (nSPS) is 11.5. The fourth-order valence-electron chi connectivity index (χ4n) is 4.21. The summed E-state index contributed by atoms with van der Waals surface area (Å²) in [6.07, 6.45) is 0.843. The van der Waals surface area contributed by atoms with Gasteiger partial charge in [-0.25, -0.2) is 9.78 Å². The van der Waals surface area contributed by atoms with E-state index in [2.05, 4.69) is 49.8 Å². The highest BCUT2D eigenvalue weighted by Gasteiger charge is 2.16. The van der Waals surface area contributed by atoms with Crippen LogP contribution < -0.4 is 0 Å². The number of aryl methyl sites for hydroxylation is 1. The van der Waals surface area contributed by atoms with Gasteiger partial charge in [0.15, 0.2) is 4.77 Å². The maximum absolute atomic E-state index is 12.0. The minimum atomic E-state index is -0.376. The highest BCUT2D eigenvalue weighted by atomic mass is 32.1. The Morgan fingerprint density at radius 2 is 1.97 bits per heavy atom. The first-order valence-electron chi connectivity index (χ1n) is 10.9. The first-order valence-corrected chi connectivity index (χ1v) is 12.2. The lowest BCUT2D eigenvalue weighted by molar-refractivity contribution is 0.0601. The molecule has 0 aliphatic rings. The second-order valence-corrected chi connectivity index (χ2v) is 9.38. The van der Waals surface area contributed by atoms with Crippen molar-refractivity contribution in [2.24, 2.45) is 0 Å². The molecule has 174 valence electrons. The molecule has 0 unspecified atom stereocenters. The third-order valence-corrected chi connectivity index (χ3v) is 7.01. The highest BCUT2D eigenvalue weighted by molar-refractivity contribution is 7.71. The summed E-state index contributed by atoms with van der Waals surface area (Å²) in [6.45, 7) is 2.13. The van der Waals surface area contributed by atoms with Gasteiger partial charge in [0.1, 0.15) is 5.82 Å². The Labute approximate surface area is 205 Å². The van der Waals surface area contributed by atoms with E-state index in [0.29, 0.717) is 16.9 Å². The molecule has 5 aromatic rings. The van der Waals surface area contributed by atoms with E-state index in [9.17, 15) is 4.79 Å². The summed E-state index contributed by atoms with van der Waals surface area (Å²) >= 11 is 7.34. The van der Waals surface area contributed by atoms with Crippen LogP contribution in [-0.2, 0) is 22.6 Å². The third kappa shape index (κ3) is 4.18. The number of thiophene rings is 1. The van der Waals surface area contributed by atoms with Crippen LogP contribution in [0.2, 0.25) is 0 Å². The molecule has 9 heteroatoms. The molecule has 2 aromatic carbocycles. The monoisotopic (exact) mass is 492 g/mol. The van der Waals surface area contributed by atoms with Crippen molar-refractivity contribution >= 4 is 51.6 Å². The lowest BCUT2D eigenvalue weighted by Gasteiger charge is -2.10. The molecular weight excluding hydrogens is 468 g/mol. The van der Waals surface area contributed by atoms with Gasteiger partial charge < -0.3 is 23.6 Å². The van der Waals surface area contributed by atoms with Crippen LogP contribution in [0, 0.1) is 4.77 Å². The van der Waals surface area contributed by atoms with E-state index >= 15 is 0 Å². The van der Waals surface area contributed by atoms with Crippen LogP contribution in [0.1, 0.15) is 21.7 Å². The quantitative estimate of drug-likeness (QED) is 0.172. The number of imidazole rings is 2. The summed E-state index contributed by atoms with van der Waals surface area (Å²) < 4.78 is 15.1. The van der Waals surface area contributed by atoms with Crippen LogP contribution in [0.25, 0.3) is 33.5 Å². The largest absolute Gasteiger partial charge is 0.465 e. The number of carbonyl (C=O) groups excluding carboxylic acids is 1. The van der Waals surface area contributed by atoms with Gasteiger partial charge in [0.25, 0.3) is 0 Å². The number of H-pyrrole nitrogens is 1. The predicted octanol–water partition coefficient (Wildman–Crippen LogP) is 5.65. The lowest BCUT2D eigenvalue weighted by atomic mass is 10.2. The lowest BCUT2D eigenvalue weighted by Crippen LogP contribution is -2.04. The van der Waals surface area contributed by atoms with Crippen LogP contribution in [0.4, 0.5) is 0 Å². The van der Waals surface area contributed by atoms with Gasteiger partial charge in [0.2, 0.25) is 0 Å². The number of rotatable bonds is 8. The van der Waals surface area contributed by atoms with Crippen LogP contribution in [0.15, 0.2) is 53.9 Å². The van der Waals surface area contributed by atoms with Crippen LogP contribution in [0.5, 0.6) is 0 Å². The second kappa shape index (κ2) is 9.54. The molecule has 0 atom stereocenters. The zero-order valence-corrected chi connectivity index (χ0v) is 20.5. The molecule has 3 aromatic heterocycles. The van der Waals surface area contributed by atoms with E-state index in [0.717, 1.165) is 53.0 Å². The fraction of sp³-hybridized carbons (Fsp3) is 0.240. The standard InChI is InChI=1S/C25H24N4O3S2/c1-31-11-4-10-28-21-9-7-17(24(30)32-2)14-19(21)26-23(28)16-6-8-22-20(13-16)27-25(33)29(22)15-18-5-3-12-34-18/h3,5-9,12-14H,4,10-11,15H2,1-2H3,(H,27,33). The molecule has 0 radical (unpaired) electrons. The number of esters is 1. The molecule has 0 spiro atoms. The molecule has 0 aliphatic heterocycles. The first-order chi connectivity index (χ1) is 16.6. The molecule has 7 nitrogen and oxygen atoms in total. The van der Waals surface area contributed by atoms with Crippen LogP contribution in [-0.4, -0.2) is 45.9 Å². The van der Waals surface area contributed by atoms with E-state index in [1.807, 2.05) is 6.07 Å². The average molecular weight is 493 g/mol. The van der Waals surface area contributed by atoms with Crippen LogP contribution in [0.3, 0.4) is 0 Å². The third-order valence-electron chi connectivity index (χ3n) is 5.83. The number of fused-ring (bicyclic) bond motifs is 2. The number of aromatic nitrogens is 4. The Hall–Kier alpha value is -3.27. The Kier molecular flexibility index (Phi) is 6.32. The van der Waals surface area contributed by atoms with Gasteiger partial charge >= 0.3 is 5.97 Å². The van der Waals surface area contributed by atoms with Gasteiger partial charge in [-0.05, 0) is 66.5 Å². The number of aromatic amines is 1. The smallest absolute Gasteiger partial charge is 0.337 e. The number of nitrogens with zero attached hydrogens (tertiary/aromatic N) is 3. The zero-order valence-electron chi connectivity index (χ0n) is 18.9. The first kappa shape index (κ1) is 22.5. The van der Waals surface area contributed by atoms with E-state index in [4.69, 9.17) is 26.7 Å². The number of carbonyl (C=O) groups is 1. The average Bonchev–Trinajstić information content (AvgIpc) is 3.56. The van der Waals surface area contributed by atoms with Gasteiger partial charge in [0.05, 0.1) is 41.3 Å². The topological polar surface area (TPSA) is 74.1 Å².